The molecule has 7 nitrogen and oxygen atoms in total. The van der Waals surface area contributed by atoms with Crippen molar-refractivity contribution in [1.29, 1.82) is 0 Å². The van der Waals surface area contributed by atoms with Crippen molar-refractivity contribution in [1.82, 2.24) is 19.3 Å². The molecule has 4 rings (SSSR count). The molecular weight excluding hydrogens is 414 g/mol. The van der Waals surface area contributed by atoms with Gasteiger partial charge in [0.25, 0.3) is 5.91 Å². The first-order valence-electron chi connectivity index (χ1n) is 11.3. The zero-order valence-electron chi connectivity index (χ0n) is 18.8. The summed E-state index contributed by atoms with van der Waals surface area (Å²) in [6, 6.07) is 17.4. The Hall–Kier alpha value is -3.71. The van der Waals surface area contributed by atoms with Gasteiger partial charge in [-0.1, -0.05) is 43.2 Å². The second-order valence-electron chi connectivity index (χ2n) is 8.09. The lowest BCUT2D eigenvalue weighted by atomic mass is 10.1. The number of benzene rings is 2. The number of para-hydroxylation sites is 1. The van der Waals surface area contributed by atoms with Gasteiger partial charge < -0.3 is 5.11 Å². The third-order valence-electron chi connectivity index (χ3n) is 5.52. The molecule has 2 aromatic heterocycles. The molecule has 4 aromatic rings. The number of hydrogen-bond donors (Lipinski definition) is 2. The predicted octanol–water partition coefficient (Wildman–Crippen LogP) is 4.62. The zero-order chi connectivity index (χ0) is 23.0. The molecule has 0 radical (unpaired) electrons. The van der Waals surface area contributed by atoms with Crippen molar-refractivity contribution in [3.05, 3.63) is 84.4 Å². The average Bonchev–Trinajstić information content (AvgIpc) is 3.46. The highest BCUT2D eigenvalue weighted by Crippen LogP contribution is 2.22. The summed E-state index contributed by atoms with van der Waals surface area (Å²) in [5.74, 6) is 0.293. The van der Waals surface area contributed by atoms with Gasteiger partial charge in [0.05, 0.1) is 11.9 Å². The Balaban J connectivity index is 1.54. The molecule has 33 heavy (non-hydrogen) atoms. The second kappa shape index (κ2) is 10.7. The number of nitrogens with one attached hydrogen (secondary N) is 1. The number of carbonyl (C=O) groups is 1. The minimum Gasteiger partial charge on any atom is -0.396 e. The van der Waals surface area contributed by atoms with Crippen molar-refractivity contribution >= 4 is 11.9 Å². The van der Waals surface area contributed by atoms with Crippen molar-refractivity contribution < 1.29 is 9.90 Å². The van der Waals surface area contributed by atoms with Crippen molar-refractivity contribution in [3.63, 3.8) is 0 Å². The van der Waals surface area contributed by atoms with E-state index in [-0.39, 0.29) is 12.5 Å². The molecule has 0 unspecified atom stereocenters. The summed E-state index contributed by atoms with van der Waals surface area (Å²) in [6.45, 7) is 0.237. The number of nitrogens with zero attached hydrogens (tertiary/aromatic N) is 4. The van der Waals surface area contributed by atoms with Crippen molar-refractivity contribution in [3.8, 4) is 16.8 Å². The smallest absolute Gasteiger partial charge is 0.258 e. The third kappa shape index (κ3) is 5.75. The lowest BCUT2D eigenvalue weighted by Gasteiger charge is -2.09. The van der Waals surface area contributed by atoms with Crippen molar-refractivity contribution in [2.75, 3.05) is 11.9 Å². The van der Waals surface area contributed by atoms with Gasteiger partial charge in [-0.05, 0) is 49.1 Å². The van der Waals surface area contributed by atoms with E-state index in [1.165, 1.54) is 0 Å². The van der Waals surface area contributed by atoms with Gasteiger partial charge in [-0.2, -0.15) is 5.10 Å². The molecule has 0 spiro atoms. The number of rotatable bonds is 10. The lowest BCUT2D eigenvalue weighted by molar-refractivity contribution is 0.102. The minimum atomic E-state index is -0.210. The molecule has 0 aliphatic rings. The number of amides is 1. The van der Waals surface area contributed by atoms with E-state index in [1.54, 1.807) is 16.9 Å². The number of hydrogen-bond acceptors (Lipinski definition) is 4. The summed E-state index contributed by atoms with van der Waals surface area (Å²) < 4.78 is 3.66. The standard InChI is InChI=1S/C26H29N5O2/c1-30-18-22(17-27-30)20-10-9-11-21(16-20)25(33)29-26-28-23(12-5-2-3-8-15-32)19-31(26)24-13-6-4-7-14-24/h4,6-7,9-11,13-14,16-19,32H,2-3,5,8,12,15H2,1H3,(H,28,29,33). The van der Waals surface area contributed by atoms with Crippen LogP contribution in [-0.4, -0.2) is 37.0 Å². The van der Waals surface area contributed by atoms with Gasteiger partial charge in [-0.25, -0.2) is 4.98 Å². The molecule has 0 atom stereocenters. The SMILES string of the molecule is Cn1cc(-c2cccc(C(=O)Nc3nc(CCCCCCO)cn3-c3ccccc3)c2)cn1. The topological polar surface area (TPSA) is 85.0 Å². The maximum Gasteiger partial charge on any atom is 0.258 e. The van der Waals surface area contributed by atoms with E-state index in [2.05, 4.69) is 10.4 Å². The van der Waals surface area contributed by atoms with E-state index in [1.807, 2.05) is 72.5 Å². The summed E-state index contributed by atoms with van der Waals surface area (Å²) in [5.41, 5.74) is 4.33. The van der Waals surface area contributed by atoms with E-state index in [0.29, 0.717) is 11.5 Å². The average molecular weight is 444 g/mol. The van der Waals surface area contributed by atoms with Crippen molar-refractivity contribution in [2.24, 2.45) is 7.05 Å². The molecule has 170 valence electrons. The lowest BCUT2D eigenvalue weighted by Crippen LogP contribution is -2.15. The van der Waals surface area contributed by atoms with Crippen LogP contribution in [0.25, 0.3) is 16.8 Å². The molecule has 2 aromatic carbocycles. The van der Waals surface area contributed by atoms with Gasteiger partial charge in [-0.3, -0.25) is 19.4 Å². The molecule has 1 amide bonds. The molecule has 0 bridgehead atoms. The van der Waals surface area contributed by atoms with Crippen LogP contribution in [0.2, 0.25) is 0 Å². The summed E-state index contributed by atoms with van der Waals surface area (Å²) >= 11 is 0. The van der Waals surface area contributed by atoms with E-state index in [4.69, 9.17) is 10.1 Å². The first kappa shape index (κ1) is 22.5. The maximum atomic E-state index is 13.1. The van der Waals surface area contributed by atoms with Gasteiger partial charge in [0, 0.05) is 42.9 Å². The molecule has 2 N–H and O–H groups in total. The Morgan fingerprint density at radius 2 is 1.79 bits per heavy atom. The molecule has 2 heterocycles. The quantitative estimate of drug-likeness (QED) is 0.350. The number of carbonyl (C=O) groups excluding carboxylic acids is 1. The highest BCUT2D eigenvalue weighted by molar-refractivity contribution is 6.04. The van der Waals surface area contributed by atoms with Crippen LogP contribution in [0.5, 0.6) is 0 Å². The van der Waals surface area contributed by atoms with Crippen LogP contribution < -0.4 is 5.32 Å². The van der Waals surface area contributed by atoms with E-state index in [9.17, 15) is 4.79 Å². The van der Waals surface area contributed by atoms with Gasteiger partial charge in [0.15, 0.2) is 0 Å². The zero-order valence-corrected chi connectivity index (χ0v) is 18.8. The summed E-state index contributed by atoms with van der Waals surface area (Å²) in [4.78, 5) is 17.8. The normalized spacial score (nSPS) is 11.0. The minimum absolute atomic E-state index is 0.210. The predicted molar refractivity (Wildman–Crippen MR) is 129 cm³/mol. The molecule has 0 aliphatic heterocycles. The molecular formula is C26H29N5O2. The largest absolute Gasteiger partial charge is 0.396 e. The third-order valence-corrected chi connectivity index (χ3v) is 5.52. The summed E-state index contributed by atoms with van der Waals surface area (Å²) in [7, 11) is 1.87. The molecule has 0 fully saturated rings. The van der Waals surface area contributed by atoms with E-state index in [0.717, 1.165) is 54.6 Å². The molecule has 0 aliphatic carbocycles. The number of unbranched alkanes of at least 4 members (excludes halogenated alkanes) is 3. The molecule has 7 heteroatoms. The van der Waals surface area contributed by atoms with Crippen LogP contribution in [0.4, 0.5) is 5.95 Å². The number of anilines is 1. The Morgan fingerprint density at radius 1 is 0.970 bits per heavy atom. The van der Waals surface area contributed by atoms with Crippen LogP contribution in [0.15, 0.2) is 73.2 Å². The van der Waals surface area contributed by atoms with E-state index >= 15 is 0 Å². The Kier molecular flexibility index (Phi) is 7.32. The number of aromatic nitrogens is 4. The first-order valence-corrected chi connectivity index (χ1v) is 11.3. The Labute approximate surface area is 193 Å². The number of aryl methyl sites for hydroxylation is 2. The fourth-order valence-corrected chi connectivity index (χ4v) is 3.78. The van der Waals surface area contributed by atoms with Crippen LogP contribution in [-0.2, 0) is 13.5 Å². The fourth-order valence-electron chi connectivity index (χ4n) is 3.78. The first-order chi connectivity index (χ1) is 16.1. The Bertz CT molecular complexity index is 1200. The van der Waals surface area contributed by atoms with Crippen LogP contribution >= 0.6 is 0 Å². The van der Waals surface area contributed by atoms with Crippen molar-refractivity contribution in [2.45, 2.75) is 32.1 Å². The van der Waals surface area contributed by atoms with Crippen LogP contribution in [0.1, 0.15) is 41.7 Å². The fraction of sp³-hybridized carbons (Fsp3) is 0.269. The van der Waals surface area contributed by atoms with Crippen LogP contribution in [0, 0.1) is 0 Å². The van der Waals surface area contributed by atoms with Crippen LogP contribution in [0.3, 0.4) is 0 Å². The number of aliphatic hydroxyl groups excluding tert-OH is 1. The summed E-state index contributed by atoms with van der Waals surface area (Å²) in [6.07, 6.45) is 10.4. The number of imidazole rings is 1. The highest BCUT2D eigenvalue weighted by Gasteiger charge is 2.15. The second-order valence-corrected chi connectivity index (χ2v) is 8.09. The monoisotopic (exact) mass is 443 g/mol. The molecule has 0 saturated carbocycles. The van der Waals surface area contributed by atoms with Gasteiger partial charge >= 0.3 is 0 Å². The summed E-state index contributed by atoms with van der Waals surface area (Å²) in [5, 5.41) is 16.2. The Morgan fingerprint density at radius 3 is 2.55 bits per heavy atom. The van der Waals surface area contributed by atoms with Gasteiger partial charge in [0.1, 0.15) is 0 Å². The van der Waals surface area contributed by atoms with Gasteiger partial charge in [-0.15, -0.1) is 0 Å². The highest BCUT2D eigenvalue weighted by atomic mass is 16.2. The molecule has 0 saturated heterocycles. The van der Waals surface area contributed by atoms with Gasteiger partial charge in [0.2, 0.25) is 5.95 Å². The number of aliphatic hydroxyl groups is 1. The van der Waals surface area contributed by atoms with E-state index < -0.39 is 0 Å². The maximum absolute atomic E-state index is 13.1.